The number of β-amino-alcohol motifs (C(OH)–C–C–N with tert-alkyl or cyclic N) is 1. The Morgan fingerprint density at radius 3 is 2.58 bits per heavy atom. The molecule has 0 amide bonds. The minimum Gasteiger partial charge on any atom is -0.395 e. The summed E-state index contributed by atoms with van der Waals surface area (Å²) < 4.78 is 1.21. The molecule has 0 saturated carbocycles. The van der Waals surface area contributed by atoms with Gasteiger partial charge in [0.1, 0.15) is 0 Å². The minimum atomic E-state index is -0.625. The third-order valence-electron chi connectivity index (χ3n) is 3.09. The van der Waals surface area contributed by atoms with Crippen molar-refractivity contribution in [2.24, 2.45) is 10.7 Å². The van der Waals surface area contributed by atoms with Gasteiger partial charge in [-0.15, -0.1) is 25.5 Å². The van der Waals surface area contributed by atoms with Gasteiger partial charge in [0, 0.05) is 13.1 Å². The number of nitrogens with two attached hydrogens (primary N) is 2. The Kier molecular flexibility index (Phi) is 5.15. The first-order valence-electron chi connectivity index (χ1n) is 7.49. The van der Waals surface area contributed by atoms with Gasteiger partial charge in [-0.1, -0.05) is 0 Å². The van der Waals surface area contributed by atoms with Gasteiger partial charge in [-0.2, -0.15) is 14.7 Å². The lowest BCUT2D eigenvalue weighted by molar-refractivity contribution is 0.154. The molecule has 1 atom stereocenters. The maximum Gasteiger partial charge on any atom is 0.292 e. The molecule has 1 unspecified atom stereocenters. The lowest BCUT2D eigenvalue weighted by atomic mass is 10.6. The summed E-state index contributed by atoms with van der Waals surface area (Å²) >= 11 is 0. The highest BCUT2D eigenvalue weighted by Gasteiger charge is 2.25. The van der Waals surface area contributed by atoms with E-state index in [1.165, 1.54) is 4.68 Å². The molecule has 0 aliphatic carbocycles. The lowest BCUT2D eigenvalue weighted by Crippen LogP contribution is -2.47. The van der Waals surface area contributed by atoms with E-state index in [0.29, 0.717) is 0 Å². The summed E-state index contributed by atoms with van der Waals surface area (Å²) in [5.41, 5.74) is 13.9. The molecule has 0 spiro atoms. The molecule has 0 aromatic carbocycles. The topological polar surface area (TPSA) is 226 Å². The molecular formula is C10H18N14O2. The molecule has 0 fully saturated rings. The molecule has 2 aromatic rings. The van der Waals surface area contributed by atoms with E-state index in [-0.39, 0.29) is 56.1 Å². The van der Waals surface area contributed by atoms with Gasteiger partial charge in [-0.3, -0.25) is 5.43 Å². The number of nitrogens with one attached hydrogen (secondary N) is 3. The highest BCUT2D eigenvalue weighted by atomic mass is 16.3. The van der Waals surface area contributed by atoms with Crippen LogP contribution in [-0.4, -0.2) is 88.9 Å². The Morgan fingerprint density at radius 2 is 1.88 bits per heavy atom. The van der Waals surface area contributed by atoms with Gasteiger partial charge < -0.3 is 32.3 Å². The van der Waals surface area contributed by atoms with Crippen LogP contribution < -0.4 is 27.5 Å². The van der Waals surface area contributed by atoms with Crippen LogP contribution in [-0.2, 0) is 0 Å². The number of aromatic nitrogens is 7. The van der Waals surface area contributed by atoms with Crippen molar-refractivity contribution in [1.82, 2.24) is 45.6 Å². The number of hydrazine groups is 1. The predicted molar refractivity (Wildman–Crippen MR) is 88.5 cm³/mol. The van der Waals surface area contributed by atoms with Crippen molar-refractivity contribution in [3.63, 3.8) is 0 Å². The summed E-state index contributed by atoms with van der Waals surface area (Å²) in [6.07, 6.45) is -0.625. The zero-order valence-corrected chi connectivity index (χ0v) is 13.5. The molecule has 9 N–H and O–H groups in total. The first-order chi connectivity index (χ1) is 12.6. The smallest absolute Gasteiger partial charge is 0.292 e. The van der Waals surface area contributed by atoms with Gasteiger partial charge >= 0.3 is 0 Å². The molecule has 26 heavy (non-hydrogen) atoms. The van der Waals surface area contributed by atoms with Crippen molar-refractivity contribution >= 4 is 23.8 Å². The molecule has 0 bridgehead atoms. The quantitative estimate of drug-likeness (QED) is 0.234. The number of rotatable bonds is 8. The molecule has 16 nitrogen and oxygen atoms in total. The van der Waals surface area contributed by atoms with Gasteiger partial charge in [-0.05, 0) is 0 Å². The first kappa shape index (κ1) is 17.5. The second-order valence-corrected chi connectivity index (χ2v) is 4.94. The summed E-state index contributed by atoms with van der Waals surface area (Å²) in [6, 6.07) is 0. The van der Waals surface area contributed by atoms with Crippen molar-refractivity contribution < 1.29 is 10.2 Å². The van der Waals surface area contributed by atoms with Crippen LogP contribution in [0.2, 0.25) is 0 Å². The summed E-state index contributed by atoms with van der Waals surface area (Å²) in [4.78, 5) is 8.04. The largest absolute Gasteiger partial charge is 0.395 e. The fraction of sp³-hybridized carbons (Fsp3) is 0.500. The zero-order valence-electron chi connectivity index (χ0n) is 13.5. The van der Waals surface area contributed by atoms with Crippen molar-refractivity contribution in [2.45, 2.75) is 6.29 Å². The number of nitrogen functional groups attached to an aromatic ring is 1. The van der Waals surface area contributed by atoms with Gasteiger partial charge in [0.15, 0.2) is 6.29 Å². The molecule has 0 saturated heterocycles. The van der Waals surface area contributed by atoms with Gasteiger partial charge in [0.25, 0.3) is 11.9 Å². The third-order valence-corrected chi connectivity index (χ3v) is 3.09. The van der Waals surface area contributed by atoms with Gasteiger partial charge in [-0.25, -0.2) is 4.99 Å². The number of guanidine groups is 1. The zero-order chi connectivity index (χ0) is 18.5. The molecule has 1 aliphatic rings. The van der Waals surface area contributed by atoms with E-state index in [1.54, 1.807) is 5.01 Å². The highest BCUT2D eigenvalue weighted by Crippen LogP contribution is 2.11. The Labute approximate surface area is 146 Å². The van der Waals surface area contributed by atoms with Crippen LogP contribution in [0.4, 0.5) is 17.8 Å². The molecule has 3 heterocycles. The van der Waals surface area contributed by atoms with E-state index < -0.39 is 6.29 Å². The monoisotopic (exact) mass is 366 g/mol. The third kappa shape index (κ3) is 3.82. The summed E-state index contributed by atoms with van der Waals surface area (Å²) in [5, 5.41) is 44.7. The Morgan fingerprint density at radius 1 is 1.12 bits per heavy atom. The number of hydrogen-bond donors (Lipinski definition) is 7. The van der Waals surface area contributed by atoms with E-state index in [2.05, 4.69) is 51.5 Å². The number of nitrogens with zero attached hydrogens (tertiary/aromatic N) is 9. The van der Waals surface area contributed by atoms with Gasteiger partial charge in [0.05, 0.1) is 13.2 Å². The van der Waals surface area contributed by atoms with E-state index in [4.69, 9.17) is 21.7 Å². The van der Waals surface area contributed by atoms with E-state index in [0.717, 1.165) is 0 Å². The number of aliphatic imine (C=N–C) groups is 1. The second kappa shape index (κ2) is 7.68. The van der Waals surface area contributed by atoms with Crippen LogP contribution >= 0.6 is 0 Å². The summed E-state index contributed by atoms with van der Waals surface area (Å²) in [6.45, 7) is 0.324. The van der Waals surface area contributed by atoms with Crippen molar-refractivity contribution in [3.8, 4) is 5.95 Å². The molecule has 140 valence electrons. The molecular weight excluding hydrogens is 348 g/mol. The van der Waals surface area contributed by atoms with E-state index in [9.17, 15) is 0 Å². The first-order valence-corrected chi connectivity index (χ1v) is 7.49. The predicted octanol–water partition coefficient (Wildman–Crippen LogP) is -4.34. The van der Waals surface area contributed by atoms with E-state index in [1.807, 2.05) is 0 Å². The summed E-state index contributed by atoms with van der Waals surface area (Å²) in [5.74, 6) is 0.538. The fourth-order valence-corrected chi connectivity index (χ4v) is 2.07. The number of hydrogen-bond acceptors (Lipinski definition) is 15. The molecule has 3 rings (SSSR count). The van der Waals surface area contributed by atoms with Crippen LogP contribution in [0.5, 0.6) is 0 Å². The molecule has 1 aliphatic heterocycles. The number of aliphatic hydroxyl groups excluding tert-OH is 2. The maximum atomic E-state index is 9.04. The summed E-state index contributed by atoms with van der Waals surface area (Å²) in [7, 11) is 0. The lowest BCUT2D eigenvalue weighted by Gasteiger charge is -2.21. The van der Waals surface area contributed by atoms with Crippen LogP contribution in [0.15, 0.2) is 4.99 Å². The Bertz CT molecular complexity index is 760. The Hall–Kier alpha value is -3.37. The number of anilines is 3. The van der Waals surface area contributed by atoms with Crippen LogP contribution in [0, 0.1) is 0 Å². The molecule has 16 heteroatoms. The second-order valence-electron chi connectivity index (χ2n) is 4.94. The van der Waals surface area contributed by atoms with Crippen LogP contribution in [0.25, 0.3) is 5.95 Å². The van der Waals surface area contributed by atoms with Gasteiger partial charge in [0.2, 0.25) is 17.9 Å². The van der Waals surface area contributed by atoms with Crippen molar-refractivity contribution in [1.29, 1.82) is 0 Å². The van der Waals surface area contributed by atoms with Crippen LogP contribution in [0.1, 0.15) is 0 Å². The molecule has 2 aromatic heterocycles. The van der Waals surface area contributed by atoms with Crippen LogP contribution in [0.3, 0.4) is 0 Å². The van der Waals surface area contributed by atoms with Crippen molar-refractivity contribution in [2.75, 3.05) is 42.7 Å². The standard InChI is InChI=1S/C10H18N14O2/c11-5-15-9(23(21-5)2-4-26)16-7-17-19-10(20-18-7)24-8(13-1-3-25)14-6(12)22-24/h9,25-26H,1-4H2,(H3,11,15,21)(H,16,17,18)(H3,12,13,14,22). The molecule has 0 radical (unpaired) electrons. The highest BCUT2D eigenvalue weighted by molar-refractivity contribution is 5.79. The minimum absolute atomic E-state index is 0.00210. The van der Waals surface area contributed by atoms with E-state index >= 15 is 0 Å². The van der Waals surface area contributed by atoms with Crippen molar-refractivity contribution in [3.05, 3.63) is 0 Å². The average Bonchev–Trinajstić information content (AvgIpc) is 3.16. The Balaban J connectivity index is 1.73. The maximum absolute atomic E-state index is 9.04. The fourth-order valence-electron chi connectivity index (χ4n) is 2.07. The SMILES string of the molecule is NC1=NC(Nc2nnc(-n3nc(N)nc3NCCO)nn2)N(CCO)N1. The number of aliphatic hydroxyl groups is 2. The normalized spacial score (nSPS) is 17.0. The average molecular weight is 366 g/mol.